The van der Waals surface area contributed by atoms with Crippen LogP contribution in [0.5, 0.6) is 0 Å². The largest absolute Gasteiger partial charge is 0.351 e. The van der Waals surface area contributed by atoms with Gasteiger partial charge in [0.2, 0.25) is 5.95 Å². The van der Waals surface area contributed by atoms with Gasteiger partial charge in [-0.3, -0.25) is 9.58 Å². The maximum atomic E-state index is 13.5. The van der Waals surface area contributed by atoms with Crippen molar-refractivity contribution in [2.24, 2.45) is 7.05 Å². The second-order valence-electron chi connectivity index (χ2n) is 9.52. The van der Waals surface area contributed by atoms with Gasteiger partial charge >= 0.3 is 6.03 Å². The highest BCUT2D eigenvalue weighted by Crippen LogP contribution is 2.30. The van der Waals surface area contributed by atoms with Gasteiger partial charge in [0.05, 0.1) is 24.2 Å². The first kappa shape index (κ1) is 25.0. The normalized spacial score (nSPS) is 16.8. The number of nitriles is 1. The Labute approximate surface area is 222 Å². The Kier molecular flexibility index (Phi) is 7.59. The first-order valence-corrected chi connectivity index (χ1v) is 12.8. The van der Waals surface area contributed by atoms with Crippen LogP contribution in [0.2, 0.25) is 0 Å². The third-order valence-corrected chi connectivity index (χ3v) is 6.87. The fraction of sp³-hybridized carbons (Fsp3) is 0.276. The molecule has 2 amide bonds. The molecule has 9 heteroatoms. The summed E-state index contributed by atoms with van der Waals surface area (Å²) in [4.78, 5) is 23.9. The van der Waals surface area contributed by atoms with Crippen LogP contribution in [0.3, 0.4) is 0 Å². The van der Waals surface area contributed by atoms with E-state index in [9.17, 15) is 4.79 Å². The van der Waals surface area contributed by atoms with Crippen molar-refractivity contribution in [3.8, 4) is 17.2 Å². The Morgan fingerprint density at radius 2 is 1.71 bits per heavy atom. The van der Waals surface area contributed by atoms with E-state index in [4.69, 9.17) is 5.26 Å². The van der Waals surface area contributed by atoms with Crippen molar-refractivity contribution in [3.05, 3.63) is 90.5 Å². The van der Waals surface area contributed by atoms with Gasteiger partial charge in [0.1, 0.15) is 6.07 Å². The average molecular weight is 507 g/mol. The van der Waals surface area contributed by atoms with E-state index in [1.54, 1.807) is 4.68 Å². The standard InChI is InChI=1S/C29H30N8O/c1-36-20-24(19-34-36)23-7-11-26(12-8-23)37(29(38)33-16-21-5-3-2-4-6-21)27-13-9-25(10-14-27)35-28-31-17-22(15-30)18-32-28/h2-8,11-12,17-20,25,27H,9-10,13-14,16H2,1H3,(H,33,38)(H,31,32,35). The zero-order valence-electron chi connectivity index (χ0n) is 21.3. The Bertz CT molecular complexity index is 1390. The van der Waals surface area contributed by atoms with Crippen LogP contribution < -0.4 is 15.5 Å². The smallest absolute Gasteiger partial charge is 0.322 e. The molecular formula is C29H30N8O. The number of hydrogen-bond donors (Lipinski definition) is 2. The van der Waals surface area contributed by atoms with Crippen LogP contribution in [0, 0.1) is 11.3 Å². The number of anilines is 2. The summed E-state index contributed by atoms with van der Waals surface area (Å²) in [6, 6.07) is 20.3. The van der Waals surface area contributed by atoms with Gasteiger partial charge in [0.15, 0.2) is 0 Å². The Morgan fingerprint density at radius 1 is 1.00 bits per heavy atom. The molecule has 0 atom stereocenters. The van der Waals surface area contributed by atoms with Crippen LogP contribution in [0.4, 0.5) is 16.4 Å². The Morgan fingerprint density at radius 3 is 2.34 bits per heavy atom. The summed E-state index contributed by atoms with van der Waals surface area (Å²) in [5, 5.41) is 19.7. The summed E-state index contributed by atoms with van der Waals surface area (Å²) >= 11 is 0. The van der Waals surface area contributed by atoms with Crippen LogP contribution in [-0.2, 0) is 13.6 Å². The van der Waals surface area contributed by atoms with Gasteiger partial charge in [-0.1, -0.05) is 42.5 Å². The van der Waals surface area contributed by atoms with Crippen LogP contribution in [0.1, 0.15) is 36.8 Å². The lowest BCUT2D eigenvalue weighted by atomic mass is 9.90. The summed E-state index contributed by atoms with van der Waals surface area (Å²) in [5.41, 5.74) is 4.46. The molecule has 0 saturated heterocycles. The van der Waals surface area contributed by atoms with Crippen LogP contribution in [0.15, 0.2) is 79.4 Å². The van der Waals surface area contributed by atoms with Crippen molar-refractivity contribution < 1.29 is 4.79 Å². The van der Waals surface area contributed by atoms with Gasteiger partial charge in [-0.2, -0.15) is 10.4 Å². The summed E-state index contributed by atoms with van der Waals surface area (Å²) < 4.78 is 1.78. The van der Waals surface area contributed by atoms with Gasteiger partial charge in [0, 0.05) is 43.1 Å². The summed E-state index contributed by atoms with van der Waals surface area (Å²) in [7, 11) is 1.90. The molecule has 2 aromatic carbocycles. The molecule has 2 heterocycles. The number of urea groups is 1. The number of amides is 2. The molecule has 0 spiro atoms. The lowest BCUT2D eigenvalue weighted by Crippen LogP contribution is -2.48. The number of rotatable bonds is 7. The predicted octanol–water partition coefficient (Wildman–Crippen LogP) is 4.89. The van der Waals surface area contributed by atoms with Crippen molar-refractivity contribution in [2.45, 2.75) is 44.3 Å². The number of carbonyl (C=O) groups is 1. The monoisotopic (exact) mass is 506 g/mol. The molecule has 0 unspecified atom stereocenters. The molecule has 1 fully saturated rings. The van der Waals surface area contributed by atoms with Crippen molar-refractivity contribution in [1.82, 2.24) is 25.1 Å². The fourth-order valence-corrected chi connectivity index (χ4v) is 4.86. The number of aromatic nitrogens is 4. The zero-order chi connectivity index (χ0) is 26.3. The Balaban J connectivity index is 1.29. The molecule has 2 aromatic heterocycles. The van der Waals surface area contributed by atoms with E-state index >= 15 is 0 Å². The molecule has 0 radical (unpaired) electrons. The number of nitrogens with one attached hydrogen (secondary N) is 2. The summed E-state index contributed by atoms with van der Waals surface area (Å²) in [6.07, 6.45) is 10.3. The molecule has 1 aliphatic rings. The molecule has 0 aliphatic heterocycles. The van der Waals surface area contributed by atoms with Crippen LogP contribution in [-0.4, -0.2) is 37.9 Å². The fourth-order valence-electron chi connectivity index (χ4n) is 4.86. The van der Waals surface area contributed by atoms with E-state index in [0.717, 1.165) is 48.1 Å². The third-order valence-electron chi connectivity index (χ3n) is 6.87. The summed E-state index contributed by atoms with van der Waals surface area (Å²) in [5.74, 6) is 0.524. The second kappa shape index (κ2) is 11.6. The van der Waals surface area contributed by atoms with Crippen molar-refractivity contribution in [1.29, 1.82) is 5.26 Å². The van der Waals surface area contributed by atoms with Gasteiger partial charge in [-0.05, 0) is 48.9 Å². The number of nitrogens with zero attached hydrogens (tertiary/aromatic N) is 6. The highest BCUT2D eigenvalue weighted by Gasteiger charge is 2.30. The van der Waals surface area contributed by atoms with Crippen molar-refractivity contribution >= 4 is 17.7 Å². The number of carbonyl (C=O) groups excluding carboxylic acids is 1. The Hall–Kier alpha value is -4.71. The molecule has 0 bridgehead atoms. The molecule has 1 aliphatic carbocycles. The van der Waals surface area contributed by atoms with Gasteiger partial charge in [-0.25, -0.2) is 14.8 Å². The molecule has 192 valence electrons. The first-order valence-electron chi connectivity index (χ1n) is 12.8. The lowest BCUT2D eigenvalue weighted by Gasteiger charge is -2.37. The van der Waals surface area contributed by atoms with Gasteiger partial charge < -0.3 is 10.6 Å². The predicted molar refractivity (Wildman–Crippen MR) is 146 cm³/mol. The highest BCUT2D eigenvalue weighted by atomic mass is 16.2. The first-order chi connectivity index (χ1) is 18.6. The van der Waals surface area contributed by atoms with Crippen LogP contribution >= 0.6 is 0 Å². The quantitative estimate of drug-likeness (QED) is 0.369. The van der Waals surface area contributed by atoms with E-state index in [1.807, 2.05) is 85.0 Å². The molecular weight excluding hydrogens is 476 g/mol. The third kappa shape index (κ3) is 5.98. The topological polar surface area (TPSA) is 112 Å². The van der Waals surface area contributed by atoms with Crippen molar-refractivity contribution in [2.75, 3.05) is 10.2 Å². The second-order valence-corrected chi connectivity index (χ2v) is 9.52. The minimum atomic E-state index is -0.102. The molecule has 9 nitrogen and oxygen atoms in total. The average Bonchev–Trinajstić information content (AvgIpc) is 3.40. The van der Waals surface area contributed by atoms with E-state index in [-0.39, 0.29) is 18.1 Å². The number of benzene rings is 2. The lowest BCUT2D eigenvalue weighted by molar-refractivity contribution is 0.240. The van der Waals surface area contributed by atoms with E-state index < -0.39 is 0 Å². The van der Waals surface area contributed by atoms with Gasteiger partial charge in [0.25, 0.3) is 0 Å². The zero-order valence-corrected chi connectivity index (χ0v) is 21.3. The molecule has 1 saturated carbocycles. The maximum absolute atomic E-state index is 13.5. The minimum Gasteiger partial charge on any atom is -0.351 e. The highest BCUT2D eigenvalue weighted by molar-refractivity contribution is 5.93. The van der Waals surface area contributed by atoms with E-state index in [0.29, 0.717) is 18.1 Å². The molecule has 5 rings (SSSR count). The van der Waals surface area contributed by atoms with E-state index in [1.165, 1.54) is 12.4 Å². The van der Waals surface area contributed by atoms with Crippen molar-refractivity contribution in [3.63, 3.8) is 0 Å². The van der Waals surface area contributed by atoms with Crippen LogP contribution in [0.25, 0.3) is 11.1 Å². The summed E-state index contributed by atoms with van der Waals surface area (Å²) in [6.45, 7) is 0.469. The minimum absolute atomic E-state index is 0.0648. The number of hydrogen-bond acceptors (Lipinski definition) is 6. The molecule has 2 N–H and O–H groups in total. The van der Waals surface area contributed by atoms with E-state index in [2.05, 4.69) is 25.7 Å². The van der Waals surface area contributed by atoms with Gasteiger partial charge in [-0.15, -0.1) is 0 Å². The maximum Gasteiger partial charge on any atom is 0.322 e. The molecule has 4 aromatic rings. The molecule has 38 heavy (non-hydrogen) atoms. The SMILES string of the molecule is Cn1cc(-c2ccc(N(C(=O)NCc3ccccc3)C3CCC(Nc4ncc(C#N)cn4)CC3)cc2)cn1. The number of aryl methyl sites for hydroxylation is 1.